The largest absolute Gasteiger partial charge is 0.331 e. The number of carbonyl (C=O) groups is 2. The molecule has 2 rings (SSSR count). The monoisotopic (exact) mass is 437 g/mol. The topological polar surface area (TPSA) is 112 Å². The number of aromatic nitrogens is 1. The Hall–Kier alpha value is -1.18. The molecule has 1 aliphatic rings. The van der Waals surface area contributed by atoms with E-state index >= 15 is 0 Å². The summed E-state index contributed by atoms with van der Waals surface area (Å²) in [5.74, 6) is -0.884. The van der Waals surface area contributed by atoms with Crippen molar-refractivity contribution in [3.8, 4) is 0 Å². The van der Waals surface area contributed by atoms with Gasteiger partial charge in [0.25, 0.3) is 11.8 Å². The number of azo groups is 1. The van der Waals surface area contributed by atoms with Crippen molar-refractivity contribution in [3.05, 3.63) is 11.8 Å². The van der Waals surface area contributed by atoms with E-state index in [0.717, 1.165) is 25.8 Å². The number of hydrogen-bond acceptors (Lipinski definition) is 10. The number of aryl methyl sites for hydroxylation is 1. The quantitative estimate of drug-likeness (QED) is 0.448. The molecule has 0 saturated carbocycles. The third-order valence-electron chi connectivity index (χ3n) is 3.40. The Morgan fingerprint density at radius 2 is 1.69 bits per heavy atom. The minimum Gasteiger partial charge on any atom is -0.271 e. The SMILES string of the molecule is CSCCN1C(=O)C(N=Nc2cc(C)ns2)C(=O)N(CCSC)S1(=O)=O. The average Bonchev–Trinajstić information content (AvgIpc) is 2.99. The molecule has 0 spiro atoms. The summed E-state index contributed by atoms with van der Waals surface area (Å²) in [4.78, 5) is 25.2. The van der Waals surface area contributed by atoms with E-state index in [9.17, 15) is 18.0 Å². The molecule has 13 heteroatoms. The molecule has 0 N–H and O–H groups in total. The fourth-order valence-electron chi connectivity index (χ4n) is 2.13. The van der Waals surface area contributed by atoms with Gasteiger partial charge in [-0.3, -0.25) is 9.59 Å². The van der Waals surface area contributed by atoms with Crippen LogP contribution in [-0.2, 0) is 19.8 Å². The van der Waals surface area contributed by atoms with Crippen LogP contribution in [0.3, 0.4) is 0 Å². The lowest BCUT2D eigenvalue weighted by Crippen LogP contribution is -2.62. The van der Waals surface area contributed by atoms with E-state index in [1.54, 1.807) is 25.5 Å². The molecule has 2 heterocycles. The van der Waals surface area contributed by atoms with Gasteiger partial charge in [-0.25, -0.2) is 8.61 Å². The Balaban J connectivity index is 2.34. The maximum atomic E-state index is 12.7. The van der Waals surface area contributed by atoms with Gasteiger partial charge in [-0.2, -0.15) is 41.4 Å². The first kappa shape index (κ1) is 21.1. The van der Waals surface area contributed by atoms with E-state index in [0.29, 0.717) is 16.5 Å². The van der Waals surface area contributed by atoms with Crippen LogP contribution in [0.1, 0.15) is 5.69 Å². The fraction of sp³-hybridized carbons (Fsp3) is 0.615. The van der Waals surface area contributed by atoms with E-state index in [4.69, 9.17) is 0 Å². The maximum absolute atomic E-state index is 12.7. The van der Waals surface area contributed by atoms with Crippen molar-refractivity contribution in [1.82, 2.24) is 13.0 Å². The van der Waals surface area contributed by atoms with Gasteiger partial charge in [-0.1, -0.05) is 0 Å². The van der Waals surface area contributed by atoms with E-state index in [1.165, 1.54) is 23.5 Å². The van der Waals surface area contributed by atoms with Gasteiger partial charge in [-0.15, -0.1) is 5.11 Å². The lowest BCUT2D eigenvalue weighted by atomic mass is 10.2. The molecule has 0 radical (unpaired) electrons. The molecule has 1 aromatic rings. The number of amides is 2. The molecule has 0 bridgehead atoms. The van der Waals surface area contributed by atoms with Crippen molar-refractivity contribution >= 4 is 62.1 Å². The van der Waals surface area contributed by atoms with Crippen LogP contribution < -0.4 is 0 Å². The third kappa shape index (κ3) is 4.56. The van der Waals surface area contributed by atoms with Gasteiger partial charge in [0.1, 0.15) is 0 Å². The molecule has 144 valence electrons. The van der Waals surface area contributed by atoms with Crippen LogP contribution in [0.2, 0.25) is 0 Å². The molecule has 0 unspecified atom stereocenters. The highest BCUT2D eigenvalue weighted by molar-refractivity contribution is 7.98. The Kier molecular flexibility index (Phi) is 7.43. The standard InChI is InChI=1S/C13H19N5O4S4/c1-9-8-10(25-16-9)14-15-11-12(19)17(4-6-23-2)26(21,22)18(13(11)20)5-7-24-3/h8,11H,4-7H2,1-3H3. The molecule has 1 aliphatic heterocycles. The van der Waals surface area contributed by atoms with Crippen LogP contribution in [0, 0.1) is 6.92 Å². The molecule has 26 heavy (non-hydrogen) atoms. The summed E-state index contributed by atoms with van der Waals surface area (Å²) >= 11 is 3.90. The minimum absolute atomic E-state index is 0.0168. The fourth-order valence-corrected chi connectivity index (χ4v) is 5.23. The molecule has 9 nitrogen and oxygen atoms in total. The molecule has 0 aromatic carbocycles. The molecule has 1 fully saturated rings. The summed E-state index contributed by atoms with van der Waals surface area (Å²) in [5.41, 5.74) is 0.746. The molecule has 1 saturated heterocycles. The number of rotatable bonds is 8. The minimum atomic E-state index is -4.19. The molecular weight excluding hydrogens is 418 g/mol. The lowest BCUT2D eigenvalue weighted by molar-refractivity contribution is -0.140. The zero-order valence-corrected chi connectivity index (χ0v) is 17.8. The smallest absolute Gasteiger partial charge is 0.271 e. The Morgan fingerprint density at radius 1 is 1.15 bits per heavy atom. The predicted octanol–water partition coefficient (Wildman–Crippen LogP) is 1.55. The summed E-state index contributed by atoms with van der Waals surface area (Å²) in [6.07, 6.45) is 3.61. The normalized spacial score (nSPS) is 18.3. The lowest BCUT2D eigenvalue weighted by Gasteiger charge is -2.36. The Bertz CT molecular complexity index is 760. The van der Waals surface area contributed by atoms with E-state index in [-0.39, 0.29) is 13.1 Å². The molecular formula is C13H19N5O4S4. The first-order valence-electron chi connectivity index (χ1n) is 7.53. The second-order valence-electron chi connectivity index (χ2n) is 5.24. The third-order valence-corrected chi connectivity index (χ3v) is 7.19. The first-order valence-corrected chi connectivity index (χ1v) is 12.5. The second-order valence-corrected chi connectivity index (χ2v) is 9.77. The van der Waals surface area contributed by atoms with Gasteiger partial charge in [0.05, 0.1) is 5.69 Å². The van der Waals surface area contributed by atoms with Crippen LogP contribution in [0.25, 0.3) is 0 Å². The van der Waals surface area contributed by atoms with Crippen LogP contribution in [0.15, 0.2) is 16.3 Å². The summed E-state index contributed by atoms with van der Waals surface area (Å²) in [6, 6.07) is 0.171. The molecule has 1 aromatic heterocycles. The van der Waals surface area contributed by atoms with Crippen molar-refractivity contribution in [2.75, 3.05) is 37.1 Å². The van der Waals surface area contributed by atoms with Gasteiger partial charge < -0.3 is 0 Å². The highest BCUT2D eigenvalue weighted by Crippen LogP contribution is 2.25. The van der Waals surface area contributed by atoms with E-state index in [2.05, 4.69) is 14.6 Å². The van der Waals surface area contributed by atoms with Crippen molar-refractivity contribution in [2.24, 2.45) is 10.2 Å². The van der Waals surface area contributed by atoms with Crippen molar-refractivity contribution < 1.29 is 18.0 Å². The average molecular weight is 438 g/mol. The number of nitrogens with zero attached hydrogens (tertiary/aromatic N) is 5. The molecule has 2 amide bonds. The van der Waals surface area contributed by atoms with Crippen LogP contribution in [0.4, 0.5) is 5.00 Å². The summed E-state index contributed by atoms with van der Waals surface area (Å²) in [6.45, 7) is 1.75. The Labute approximate surface area is 165 Å². The second kappa shape index (κ2) is 9.15. The van der Waals surface area contributed by atoms with Crippen molar-refractivity contribution in [2.45, 2.75) is 13.0 Å². The van der Waals surface area contributed by atoms with Gasteiger partial charge in [0.2, 0.25) is 6.04 Å². The van der Waals surface area contributed by atoms with E-state index < -0.39 is 28.1 Å². The van der Waals surface area contributed by atoms with Gasteiger partial charge in [0.15, 0.2) is 5.00 Å². The van der Waals surface area contributed by atoms with Gasteiger partial charge in [0, 0.05) is 24.6 Å². The van der Waals surface area contributed by atoms with Crippen LogP contribution in [0.5, 0.6) is 0 Å². The number of carbonyl (C=O) groups excluding carboxylic acids is 2. The van der Waals surface area contributed by atoms with Crippen LogP contribution in [-0.4, -0.2) is 76.4 Å². The zero-order chi connectivity index (χ0) is 19.3. The van der Waals surface area contributed by atoms with Gasteiger partial charge >= 0.3 is 10.2 Å². The van der Waals surface area contributed by atoms with E-state index in [1.807, 2.05) is 0 Å². The number of hydrogen-bond donors (Lipinski definition) is 0. The zero-order valence-electron chi connectivity index (χ0n) is 14.5. The predicted molar refractivity (Wildman–Crippen MR) is 104 cm³/mol. The summed E-state index contributed by atoms with van der Waals surface area (Å²) in [7, 11) is -4.19. The number of thioether (sulfide) groups is 2. The highest BCUT2D eigenvalue weighted by atomic mass is 32.2. The van der Waals surface area contributed by atoms with Crippen LogP contribution >= 0.6 is 35.1 Å². The van der Waals surface area contributed by atoms with Crippen molar-refractivity contribution in [3.63, 3.8) is 0 Å². The maximum Gasteiger partial charge on any atom is 0.331 e. The summed E-state index contributed by atoms with van der Waals surface area (Å²) < 4.78 is 30.9. The highest BCUT2D eigenvalue weighted by Gasteiger charge is 2.49. The molecule has 0 atom stereocenters. The summed E-state index contributed by atoms with van der Waals surface area (Å²) in [5, 5.41) is 8.20. The van der Waals surface area contributed by atoms with Crippen molar-refractivity contribution in [1.29, 1.82) is 0 Å². The molecule has 0 aliphatic carbocycles. The first-order chi connectivity index (χ1) is 12.3. The van der Waals surface area contributed by atoms with Gasteiger partial charge in [-0.05, 0) is 37.0 Å². The Morgan fingerprint density at radius 3 is 2.12 bits per heavy atom.